The molecule has 0 amide bonds. The van der Waals surface area contributed by atoms with Crippen LogP contribution in [0.2, 0.25) is 0 Å². The average molecular weight is 321 g/mol. The molecule has 1 N–H and O–H groups in total. The van der Waals surface area contributed by atoms with Gasteiger partial charge in [0.05, 0.1) is 0 Å². The molecule has 1 aromatic rings. The van der Waals surface area contributed by atoms with Gasteiger partial charge in [-0.05, 0) is 56.6 Å². The van der Waals surface area contributed by atoms with Crippen molar-refractivity contribution in [1.82, 2.24) is 10.2 Å². The van der Waals surface area contributed by atoms with Crippen LogP contribution in [0.3, 0.4) is 0 Å². The monoisotopic (exact) mass is 320 g/mol. The second kappa shape index (κ2) is 9.18. The van der Waals surface area contributed by atoms with Crippen molar-refractivity contribution in [3.8, 4) is 5.75 Å². The summed E-state index contributed by atoms with van der Waals surface area (Å²) in [6, 6.07) is 6.94. The zero-order valence-corrected chi connectivity index (χ0v) is 13.0. The summed E-state index contributed by atoms with van der Waals surface area (Å²) in [6.07, 6.45) is 2.50. The van der Waals surface area contributed by atoms with Crippen LogP contribution in [0.1, 0.15) is 18.4 Å². The molecule has 120 valence electrons. The van der Waals surface area contributed by atoms with Gasteiger partial charge in [0.1, 0.15) is 5.75 Å². The van der Waals surface area contributed by atoms with Gasteiger partial charge in [-0.25, -0.2) is 0 Å². The van der Waals surface area contributed by atoms with Crippen molar-refractivity contribution < 1.29 is 13.5 Å². The summed E-state index contributed by atoms with van der Waals surface area (Å²) in [7, 11) is 1.99. The third kappa shape index (κ3) is 6.16. The van der Waals surface area contributed by atoms with Crippen molar-refractivity contribution >= 4 is 12.4 Å². The predicted octanol–water partition coefficient (Wildman–Crippen LogP) is 3.14. The van der Waals surface area contributed by atoms with Gasteiger partial charge < -0.3 is 10.1 Å². The number of hydrogen-bond acceptors (Lipinski definition) is 3. The zero-order chi connectivity index (χ0) is 14.4. The van der Waals surface area contributed by atoms with Crippen LogP contribution in [0.5, 0.6) is 5.75 Å². The second-order valence-electron chi connectivity index (χ2n) is 5.32. The molecule has 1 unspecified atom stereocenters. The number of nitrogens with zero attached hydrogens (tertiary/aromatic N) is 1. The standard InChI is InChI=1S/C15H22F2N2O.ClH/c1-18-9-13-3-2-8-19(11-13)10-12-4-6-14(7-5-12)20-15(16)17;/h4-7,13,15,18H,2-3,8-11H2,1H3;1H. The van der Waals surface area contributed by atoms with Crippen molar-refractivity contribution in [3.63, 3.8) is 0 Å². The summed E-state index contributed by atoms with van der Waals surface area (Å²) in [5.41, 5.74) is 1.14. The topological polar surface area (TPSA) is 24.5 Å². The van der Waals surface area contributed by atoms with E-state index in [1.54, 1.807) is 12.1 Å². The quantitative estimate of drug-likeness (QED) is 0.871. The van der Waals surface area contributed by atoms with Gasteiger partial charge in [0.15, 0.2) is 0 Å². The number of halogens is 3. The molecule has 3 nitrogen and oxygen atoms in total. The lowest BCUT2D eigenvalue weighted by Gasteiger charge is -2.32. The lowest BCUT2D eigenvalue weighted by atomic mass is 9.97. The molecule has 1 aliphatic rings. The summed E-state index contributed by atoms with van der Waals surface area (Å²) < 4.78 is 28.5. The SMILES string of the molecule is CNCC1CCCN(Cc2ccc(OC(F)F)cc2)C1.Cl. The van der Waals surface area contributed by atoms with E-state index in [9.17, 15) is 8.78 Å². The Morgan fingerprint density at radius 3 is 2.67 bits per heavy atom. The Morgan fingerprint density at radius 2 is 2.05 bits per heavy atom. The van der Waals surface area contributed by atoms with Gasteiger partial charge in [-0.1, -0.05) is 12.1 Å². The van der Waals surface area contributed by atoms with E-state index in [4.69, 9.17) is 0 Å². The van der Waals surface area contributed by atoms with E-state index in [1.165, 1.54) is 12.8 Å². The Morgan fingerprint density at radius 1 is 1.33 bits per heavy atom. The zero-order valence-electron chi connectivity index (χ0n) is 12.2. The van der Waals surface area contributed by atoms with E-state index >= 15 is 0 Å². The minimum atomic E-state index is -2.76. The van der Waals surface area contributed by atoms with Crippen LogP contribution in [-0.2, 0) is 6.54 Å². The van der Waals surface area contributed by atoms with Crippen molar-refractivity contribution in [1.29, 1.82) is 0 Å². The molecule has 1 atom stereocenters. The Kier molecular flexibility index (Phi) is 7.93. The molecule has 1 heterocycles. The fourth-order valence-corrected chi connectivity index (χ4v) is 2.78. The van der Waals surface area contributed by atoms with Gasteiger partial charge in [0.2, 0.25) is 0 Å². The van der Waals surface area contributed by atoms with Gasteiger partial charge in [-0.3, -0.25) is 4.90 Å². The van der Waals surface area contributed by atoms with Gasteiger partial charge >= 0.3 is 6.61 Å². The molecule has 0 aromatic heterocycles. The number of alkyl halides is 2. The summed E-state index contributed by atoms with van der Waals surface area (Å²) in [6.45, 7) is 1.36. The van der Waals surface area contributed by atoms with Crippen LogP contribution in [0.4, 0.5) is 8.78 Å². The number of likely N-dealkylation sites (tertiary alicyclic amines) is 1. The molecule has 2 rings (SSSR count). The molecular formula is C15H23ClF2N2O. The van der Waals surface area contributed by atoms with E-state index in [0.29, 0.717) is 5.92 Å². The Hall–Kier alpha value is -0.910. The summed E-state index contributed by atoms with van der Waals surface area (Å²) in [5, 5.41) is 3.23. The minimum Gasteiger partial charge on any atom is -0.435 e. The molecule has 21 heavy (non-hydrogen) atoms. The first-order chi connectivity index (χ1) is 9.67. The first-order valence-electron chi connectivity index (χ1n) is 7.08. The van der Waals surface area contributed by atoms with E-state index in [-0.39, 0.29) is 18.2 Å². The third-order valence-corrected chi connectivity index (χ3v) is 3.65. The fraction of sp³-hybridized carbons (Fsp3) is 0.600. The first kappa shape index (κ1) is 18.1. The highest BCUT2D eigenvalue weighted by atomic mass is 35.5. The summed E-state index contributed by atoms with van der Waals surface area (Å²) in [4.78, 5) is 2.43. The molecule has 6 heteroatoms. The molecule has 0 spiro atoms. The van der Waals surface area contributed by atoms with Crippen LogP contribution in [-0.4, -0.2) is 38.2 Å². The van der Waals surface area contributed by atoms with Gasteiger partial charge in [0.25, 0.3) is 0 Å². The van der Waals surface area contributed by atoms with Crippen molar-refractivity contribution in [2.24, 2.45) is 5.92 Å². The molecule has 1 aromatic carbocycles. The molecule has 1 aliphatic heterocycles. The fourth-order valence-electron chi connectivity index (χ4n) is 2.78. The summed E-state index contributed by atoms with van der Waals surface area (Å²) >= 11 is 0. The maximum absolute atomic E-state index is 12.1. The highest BCUT2D eigenvalue weighted by Gasteiger charge is 2.19. The van der Waals surface area contributed by atoms with Crippen LogP contribution < -0.4 is 10.1 Å². The molecule has 1 fully saturated rings. The molecule has 0 radical (unpaired) electrons. The average Bonchev–Trinajstić information content (AvgIpc) is 2.41. The lowest BCUT2D eigenvalue weighted by Crippen LogP contribution is -2.38. The highest BCUT2D eigenvalue weighted by molar-refractivity contribution is 5.85. The van der Waals surface area contributed by atoms with Crippen molar-refractivity contribution in [2.45, 2.75) is 26.0 Å². The third-order valence-electron chi connectivity index (χ3n) is 3.65. The second-order valence-corrected chi connectivity index (χ2v) is 5.32. The normalized spacial score (nSPS) is 19.3. The Balaban J connectivity index is 0.00000220. The van der Waals surface area contributed by atoms with Crippen LogP contribution in [0, 0.1) is 5.92 Å². The number of ether oxygens (including phenoxy) is 1. The predicted molar refractivity (Wildman–Crippen MR) is 82.2 cm³/mol. The maximum Gasteiger partial charge on any atom is 0.387 e. The number of nitrogens with one attached hydrogen (secondary N) is 1. The van der Waals surface area contributed by atoms with Crippen LogP contribution in [0.15, 0.2) is 24.3 Å². The Bertz CT molecular complexity index is 401. The molecule has 0 saturated carbocycles. The molecular weight excluding hydrogens is 298 g/mol. The Labute approximate surface area is 131 Å². The van der Waals surface area contributed by atoms with Crippen LogP contribution >= 0.6 is 12.4 Å². The van der Waals surface area contributed by atoms with Crippen LogP contribution in [0.25, 0.3) is 0 Å². The van der Waals surface area contributed by atoms with E-state index in [0.717, 1.165) is 31.7 Å². The van der Waals surface area contributed by atoms with Crippen molar-refractivity contribution in [3.05, 3.63) is 29.8 Å². The maximum atomic E-state index is 12.1. The van der Waals surface area contributed by atoms with Gasteiger partial charge in [-0.2, -0.15) is 8.78 Å². The smallest absolute Gasteiger partial charge is 0.387 e. The van der Waals surface area contributed by atoms with Gasteiger partial charge in [0, 0.05) is 13.1 Å². The largest absolute Gasteiger partial charge is 0.435 e. The number of benzene rings is 1. The molecule has 0 aliphatic carbocycles. The number of piperidine rings is 1. The highest BCUT2D eigenvalue weighted by Crippen LogP contribution is 2.20. The van der Waals surface area contributed by atoms with E-state index in [2.05, 4.69) is 15.0 Å². The number of hydrogen-bond donors (Lipinski definition) is 1. The minimum absolute atomic E-state index is 0. The van der Waals surface area contributed by atoms with Gasteiger partial charge in [-0.15, -0.1) is 12.4 Å². The molecule has 0 bridgehead atoms. The summed E-state index contributed by atoms with van der Waals surface area (Å²) in [5.74, 6) is 0.922. The van der Waals surface area contributed by atoms with E-state index in [1.807, 2.05) is 19.2 Å². The molecule has 1 saturated heterocycles. The lowest BCUT2D eigenvalue weighted by molar-refractivity contribution is -0.0498. The first-order valence-corrected chi connectivity index (χ1v) is 7.08. The number of rotatable bonds is 6. The van der Waals surface area contributed by atoms with E-state index < -0.39 is 6.61 Å². The van der Waals surface area contributed by atoms with Crippen molar-refractivity contribution in [2.75, 3.05) is 26.7 Å².